The quantitative estimate of drug-likeness (QED) is 0.700. The van der Waals surface area contributed by atoms with E-state index >= 15 is 0 Å². The molecule has 6 nitrogen and oxygen atoms in total. The van der Waals surface area contributed by atoms with Crippen LogP contribution in [0.1, 0.15) is 62.4 Å². The number of nitrogens with zero attached hydrogens (tertiary/aromatic N) is 2. The van der Waals surface area contributed by atoms with Gasteiger partial charge in [-0.2, -0.15) is 0 Å². The number of rotatable bonds is 8. The van der Waals surface area contributed by atoms with Crippen LogP contribution < -0.4 is 5.32 Å². The molecule has 0 bridgehead atoms. The molecule has 3 amide bonds. The zero-order valence-corrected chi connectivity index (χ0v) is 17.1. The largest absolute Gasteiger partial charge is 0.350 e. The Kier molecular flexibility index (Phi) is 6.44. The third-order valence-corrected chi connectivity index (χ3v) is 5.23. The molecular weight excluding hydrogens is 366 g/mol. The van der Waals surface area contributed by atoms with Gasteiger partial charge in [0.25, 0.3) is 17.7 Å². The second-order valence-corrected chi connectivity index (χ2v) is 7.48. The Bertz CT molecular complexity index is 909. The summed E-state index contributed by atoms with van der Waals surface area (Å²) >= 11 is 0. The molecule has 2 aromatic carbocycles. The lowest BCUT2D eigenvalue weighted by Gasteiger charge is -2.25. The number of nitrogens with one attached hydrogen (secondary N) is 1. The smallest absolute Gasteiger partial charge is 0.261 e. The van der Waals surface area contributed by atoms with Gasteiger partial charge >= 0.3 is 0 Å². The van der Waals surface area contributed by atoms with Crippen LogP contribution in [0.15, 0.2) is 48.5 Å². The molecule has 0 fully saturated rings. The molecule has 0 radical (unpaired) electrons. The molecule has 1 heterocycles. The van der Waals surface area contributed by atoms with E-state index in [1.54, 1.807) is 12.1 Å². The van der Waals surface area contributed by atoms with Crippen LogP contribution in [-0.4, -0.2) is 54.7 Å². The molecule has 0 saturated heterocycles. The van der Waals surface area contributed by atoms with Gasteiger partial charge in [-0.1, -0.05) is 43.7 Å². The van der Waals surface area contributed by atoms with E-state index in [0.29, 0.717) is 29.8 Å². The lowest BCUT2D eigenvalue weighted by Crippen LogP contribution is -2.34. The highest BCUT2D eigenvalue weighted by Crippen LogP contribution is 2.24. The van der Waals surface area contributed by atoms with Gasteiger partial charge in [-0.15, -0.1) is 0 Å². The van der Waals surface area contributed by atoms with Crippen LogP contribution >= 0.6 is 0 Å². The maximum absolute atomic E-state index is 12.7. The Hall–Kier alpha value is -2.99. The molecular formula is C23H27N3O3. The molecule has 152 valence electrons. The van der Waals surface area contributed by atoms with Crippen molar-refractivity contribution in [3.05, 3.63) is 70.8 Å². The van der Waals surface area contributed by atoms with Gasteiger partial charge in [0.15, 0.2) is 0 Å². The van der Waals surface area contributed by atoms with E-state index in [-0.39, 0.29) is 23.8 Å². The second-order valence-electron chi connectivity index (χ2n) is 7.48. The first-order chi connectivity index (χ1) is 13.9. The van der Waals surface area contributed by atoms with Gasteiger partial charge in [-0.25, -0.2) is 0 Å². The van der Waals surface area contributed by atoms with Gasteiger partial charge in [0.2, 0.25) is 0 Å². The third-order valence-electron chi connectivity index (χ3n) is 5.23. The third kappa shape index (κ3) is 4.38. The number of hydrogen-bond acceptors (Lipinski definition) is 4. The predicted octanol–water partition coefficient (Wildman–Crippen LogP) is 3.12. The number of carbonyl (C=O) groups is 3. The number of benzene rings is 2. The van der Waals surface area contributed by atoms with Crippen LogP contribution in [0.25, 0.3) is 0 Å². The summed E-state index contributed by atoms with van der Waals surface area (Å²) in [6, 6.07) is 14.7. The van der Waals surface area contributed by atoms with Crippen molar-refractivity contribution in [2.24, 2.45) is 0 Å². The highest BCUT2D eigenvalue weighted by atomic mass is 16.2. The maximum atomic E-state index is 12.7. The fourth-order valence-corrected chi connectivity index (χ4v) is 3.52. The van der Waals surface area contributed by atoms with E-state index in [4.69, 9.17) is 0 Å². The molecule has 6 heteroatoms. The van der Waals surface area contributed by atoms with E-state index in [2.05, 4.69) is 5.32 Å². The summed E-state index contributed by atoms with van der Waals surface area (Å²) in [6.45, 7) is 2.85. The van der Waals surface area contributed by atoms with Crippen molar-refractivity contribution in [1.29, 1.82) is 0 Å². The van der Waals surface area contributed by atoms with Gasteiger partial charge in [-0.05, 0) is 44.3 Å². The zero-order chi connectivity index (χ0) is 21.0. The monoisotopic (exact) mass is 393 g/mol. The summed E-state index contributed by atoms with van der Waals surface area (Å²) in [7, 11) is 3.93. The van der Waals surface area contributed by atoms with E-state index in [1.165, 1.54) is 11.0 Å². The second kappa shape index (κ2) is 9.01. The molecule has 0 aliphatic carbocycles. The number of amides is 3. The summed E-state index contributed by atoms with van der Waals surface area (Å²) < 4.78 is 0. The first kappa shape index (κ1) is 20.7. The van der Waals surface area contributed by atoms with Gasteiger partial charge in [-0.3, -0.25) is 19.3 Å². The van der Waals surface area contributed by atoms with E-state index in [9.17, 15) is 14.4 Å². The number of unbranched alkanes of at least 4 members (excludes halogenated alkanes) is 1. The van der Waals surface area contributed by atoms with Crippen LogP contribution in [0.5, 0.6) is 0 Å². The molecule has 1 N–H and O–H groups in total. The predicted molar refractivity (Wildman–Crippen MR) is 112 cm³/mol. The Morgan fingerprint density at radius 2 is 1.72 bits per heavy atom. The first-order valence-electron chi connectivity index (χ1n) is 9.93. The van der Waals surface area contributed by atoms with Gasteiger partial charge in [0.05, 0.1) is 17.2 Å². The molecule has 1 atom stereocenters. The van der Waals surface area contributed by atoms with E-state index in [0.717, 1.165) is 18.4 Å². The van der Waals surface area contributed by atoms with Crippen LogP contribution in [0.2, 0.25) is 0 Å². The number of fused-ring (bicyclic) bond motifs is 1. The Morgan fingerprint density at radius 3 is 2.38 bits per heavy atom. The first-order valence-corrected chi connectivity index (χ1v) is 9.93. The van der Waals surface area contributed by atoms with Gasteiger partial charge in [0.1, 0.15) is 0 Å². The molecule has 1 aliphatic rings. The number of hydrogen-bond donors (Lipinski definition) is 1. The fraction of sp³-hybridized carbons (Fsp3) is 0.348. The molecule has 3 rings (SSSR count). The minimum Gasteiger partial charge on any atom is -0.350 e. The summed E-state index contributed by atoms with van der Waals surface area (Å²) in [6.07, 6.45) is 1.67. The fourth-order valence-electron chi connectivity index (χ4n) is 3.52. The zero-order valence-electron chi connectivity index (χ0n) is 17.1. The summed E-state index contributed by atoms with van der Waals surface area (Å²) in [5.41, 5.74) is 2.18. The van der Waals surface area contributed by atoms with Crippen molar-refractivity contribution in [1.82, 2.24) is 15.1 Å². The normalized spacial score (nSPS) is 14.3. The molecule has 0 spiro atoms. The van der Waals surface area contributed by atoms with Crippen molar-refractivity contribution in [2.45, 2.75) is 25.8 Å². The lowest BCUT2D eigenvalue weighted by atomic mass is 10.0. The standard InChI is InChI=1S/C23H27N3O3/c1-4-5-13-26-22(28)18-12-11-17(14-19(18)23(26)29)21(27)24-15-20(25(2)3)16-9-7-6-8-10-16/h6-12,14,20H,4-5,13,15H2,1-3H3,(H,24,27). The van der Waals surface area contributed by atoms with Crippen LogP contribution in [0, 0.1) is 0 Å². The minimum atomic E-state index is -0.316. The van der Waals surface area contributed by atoms with Crippen LogP contribution in [0.3, 0.4) is 0 Å². The Balaban J connectivity index is 1.72. The van der Waals surface area contributed by atoms with Crippen molar-refractivity contribution >= 4 is 17.7 Å². The molecule has 2 aromatic rings. The average Bonchev–Trinajstić information content (AvgIpc) is 2.96. The molecule has 0 saturated carbocycles. The average molecular weight is 393 g/mol. The SMILES string of the molecule is CCCCN1C(=O)c2ccc(C(=O)NCC(c3ccccc3)N(C)C)cc2C1=O. The Labute approximate surface area is 171 Å². The van der Waals surface area contributed by atoms with E-state index in [1.807, 2.05) is 56.3 Å². The lowest BCUT2D eigenvalue weighted by molar-refractivity contribution is 0.0652. The van der Waals surface area contributed by atoms with Crippen molar-refractivity contribution in [3.8, 4) is 0 Å². The highest BCUT2D eigenvalue weighted by Gasteiger charge is 2.35. The number of carbonyl (C=O) groups excluding carboxylic acids is 3. The highest BCUT2D eigenvalue weighted by molar-refractivity contribution is 6.22. The summed E-state index contributed by atoms with van der Waals surface area (Å²) in [5.74, 6) is -0.853. The Morgan fingerprint density at radius 1 is 1.03 bits per heavy atom. The summed E-state index contributed by atoms with van der Waals surface area (Å²) in [4.78, 5) is 41.1. The maximum Gasteiger partial charge on any atom is 0.261 e. The van der Waals surface area contributed by atoms with Crippen molar-refractivity contribution in [3.63, 3.8) is 0 Å². The summed E-state index contributed by atoms with van der Waals surface area (Å²) in [5, 5.41) is 2.95. The van der Waals surface area contributed by atoms with Crippen molar-refractivity contribution < 1.29 is 14.4 Å². The van der Waals surface area contributed by atoms with Gasteiger partial charge < -0.3 is 10.2 Å². The topological polar surface area (TPSA) is 69.7 Å². The molecule has 1 aliphatic heterocycles. The molecule has 1 unspecified atom stereocenters. The minimum absolute atomic E-state index is 0.0299. The van der Waals surface area contributed by atoms with Crippen LogP contribution in [-0.2, 0) is 0 Å². The number of imide groups is 1. The van der Waals surface area contributed by atoms with Crippen molar-refractivity contribution in [2.75, 3.05) is 27.2 Å². The number of likely N-dealkylation sites (N-methyl/N-ethyl adjacent to an activating group) is 1. The molecule has 0 aromatic heterocycles. The van der Waals surface area contributed by atoms with Gasteiger partial charge in [0, 0.05) is 18.7 Å². The molecule has 29 heavy (non-hydrogen) atoms. The van der Waals surface area contributed by atoms with E-state index < -0.39 is 0 Å². The van der Waals surface area contributed by atoms with Crippen LogP contribution in [0.4, 0.5) is 0 Å².